The zero-order valence-corrected chi connectivity index (χ0v) is 28.6. The maximum absolute atomic E-state index is 7.07. The van der Waals surface area contributed by atoms with Crippen LogP contribution in [-0.4, -0.2) is 6.10 Å². The van der Waals surface area contributed by atoms with E-state index in [0.717, 1.165) is 33.6 Å². The molecule has 0 radical (unpaired) electrons. The van der Waals surface area contributed by atoms with Crippen LogP contribution in [0.4, 0.5) is 17.1 Å². The number of allylic oxidation sites excluding steroid dienone is 2. The molecule has 1 aliphatic carbocycles. The Bertz CT molecular complexity index is 2660. The molecule has 52 heavy (non-hydrogen) atoms. The third-order valence-electron chi connectivity index (χ3n) is 10.6. The summed E-state index contributed by atoms with van der Waals surface area (Å²) in [7, 11) is 0. The molecule has 8 aromatic rings. The first-order valence-corrected chi connectivity index (χ1v) is 18.0. The minimum absolute atomic E-state index is 0.0812. The van der Waals surface area contributed by atoms with E-state index in [0.29, 0.717) is 0 Å². The largest absolute Gasteiger partial charge is 0.484 e. The van der Waals surface area contributed by atoms with Crippen molar-refractivity contribution in [2.75, 3.05) is 4.90 Å². The summed E-state index contributed by atoms with van der Waals surface area (Å²) >= 11 is 0. The summed E-state index contributed by atoms with van der Waals surface area (Å²) in [6.07, 6.45) is 6.64. The van der Waals surface area contributed by atoms with E-state index in [9.17, 15) is 0 Å². The molecular formula is C50H35NO. The number of hydrogen-bond donors (Lipinski definition) is 0. The molecule has 0 aromatic heterocycles. The summed E-state index contributed by atoms with van der Waals surface area (Å²) in [5, 5.41) is 4.72. The quantitative estimate of drug-likeness (QED) is 0.175. The van der Waals surface area contributed by atoms with Gasteiger partial charge >= 0.3 is 0 Å². The van der Waals surface area contributed by atoms with E-state index in [1.54, 1.807) is 0 Å². The van der Waals surface area contributed by atoms with Gasteiger partial charge in [0.15, 0.2) is 0 Å². The molecule has 0 spiro atoms. The minimum Gasteiger partial charge on any atom is -0.484 e. The molecule has 2 atom stereocenters. The van der Waals surface area contributed by atoms with Crippen LogP contribution in [0.1, 0.15) is 17.0 Å². The molecular weight excluding hydrogens is 631 g/mol. The normalized spacial score (nSPS) is 15.9. The zero-order valence-electron chi connectivity index (χ0n) is 28.6. The minimum atomic E-state index is -0.121. The van der Waals surface area contributed by atoms with Crippen LogP contribution in [-0.2, 0) is 0 Å². The van der Waals surface area contributed by atoms with Gasteiger partial charge in [0.1, 0.15) is 11.9 Å². The van der Waals surface area contributed by atoms with Crippen molar-refractivity contribution < 1.29 is 4.74 Å². The first-order chi connectivity index (χ1) is 25.8. The number of rotatable bonds is 6. The molecule has 0 bridgehead atoms. The van der Waals surface area contributed by atoms with Gasteiger partial charge < -0.3 is 9.64 Å². The highest BCUT2D eigenvalue weighted by molar-refractivity contribution is 6.04. The predicted octanol–water partition coefficient (Wildman–Crippen LogP) is 13.3. The van der Waals surface area contributed by atoms with Crippen LogP contribution in [0.2, 0.25) is 0 Å². The Kier molecular flexibility index (Phi) is 7.32. The predicted molar refractivity (Wildman–Crippen MR) is 218 cm³/mol. The number of nitrogens with zero attached hydrogens (tertiary/aromatic N) is 1. The first kappa shape index (κ1) is 30.2. The summed E-state index contributed by atoms with van der Waals surface area (Å²) in [6, 6.07) is 65.5. The molecule has 0 saturated heterocycles. The van der Waals surface area contributed by atoms with Crippen molar-refractivity contribution in [2.45, 2.75) is 12.0 Å². The van der Waals surface area contributed by atoms with Crippen molar-refractivity contribution in [3.63, 3.8) is 0 Å². The second-order valence-corrected chi connectivity index (χ2v) is 13.7. The Morgan fingerprint density at radius 1 is 0.442 bits per heavy atom. The maximum Gasteiger partial charge on any atom is 0.135 e. The number of anilines is 3. The molecule has 0 fully saturated rings. The smallest absolute Gasteiger partial charge is 0.135 e. The highest BCUT2D eigenvalue weighted by Gasteiger charge is 2.39. The van der Waals surface area contributed by atoms with Crippen molar-refractivity contribution in [3.05, 3.63) is 211 Å². The fraction of sp³-hybridized carbons (Fsp3) is 0.0400. The number of hydrogen-bond acceptors (Lipinski definition) is 2. The van der Waals surface area contributed by atoms with Crippen molar-refractivity contribution in [3.8, 4) is 28.0 Å². The van der Waals surface area contributed by atoms with E-state index in [4.69, 9.17) is 4.74 Å². The number of fused-ring (bicyclic) bond motifs is 6. The van der Waals surface area contributed by atoms with Gasteiger partial charge in [-0.05, 0) is 75.0 Å². The summed E-state index contributed by atoms with van der Waals surface area (Å²) in [4.78, 5) is 2.42. The van der Waals surface area contributed by atoms with Crippen molar-refractivity contribution in [1.29, 1.82) is 0 Å². The van der Waals surface area contributed by atoms with Gasteiger partial charge in [-0.15, -0.1) is 0 Å². The van der Waals surface area contributed by atoms with E-state index < -0.39 is 0 Å². The highest BCUT2D eigenvalue weighted by Crippen LogP contribution is 2.53. The lowest BCUT2D eigenvalue weighted by molar-refractivity contribution is 0.281. The monoisotopic (exact) mass is 665 g/mol. The number of benzene rings is 8. The molecule has 2 nitrogen and oxygen atoms in total. The van der Waals surface area contributed by atoms with Crippen LogP contribution in [0.5, 0.6) is 5.75 Å². The molecule has 1 heterocycles. The fourth-order valence-corrected chi connectivity index (χ4v) is 8.06. The third-order valence-corrected chi connectivity index (χ3v) is 10.6. The van der Waals surface area contributed by atoms with Crippen LogP contribution in [0, 0.1) is 0 Å². The topological polar surface area (TPSA) is 12.5 Å². The third kappa shape index (κ3) is 5.20. The molecule has 2 aliphatic rings. The van der Waals surface area contributed by atoms with Gasteiger partial charge in [-0.2, -0.15) is 0 Å². The van der Waals surface area contributed by atoms with Crippen molar-refractivity contribution in [2.24, 2.45) is 0 Å². The van der Waals surface area contributed by atoms with Crippen molar-refractivity contribution >= 4 is 44.2 Å². The molecule has 8 aromatic carbocycles. The van der Waals surface area contributed by atoms with Gasteiger partial charge in [0.2, 0.25) is 0 Å². The Hall–Kier alpha value is -6.64. The summed E-state index contributed by atoms with van der Waals surface area (Å²) in [5.41, 5.74) is 11.8. The van der Waals surface area contributed by atoms with Gasteiger partial charge in [-0.1, -0.05) is 164 Å². The molecule has 2 heteroatoms. The fourth-order valence-electron chi connectivity index (χ4n) is 8.06. The molecule has 0 N–H and O–H groups in total. The molecule has 246 valence electrons. The van der Waals surface area contributed by atoms with E-state index in [1.165, 1.54) is 49.7 Å². The van der Waals surface area contributed by atoms with Crippen LogP contribution in [0.15, 0.2) is 200 Å². The Balaban J connectivity index is 1.11. The van der Waals surface area contributed by atoms with E-state index in [-0.39, 0.29) is 12.0 Å². The lowest BCUT2D eigenvalue weighted by Gasteiger charge is -2.28. The summed E-state index contributed by atoms with van der Waals surface area (Å²) in [5.74, 6) is 1.06. The van der Waals surface area contributed by atoms with Gasteiger partial charge in [0.25, 0.3) is 0 Å². The van der Waals surface area contributed by atoms with E-state index in [1.807, 2.05) is 0 Å². The number of ether oxygens (including phenoxy) is 1. The van der Waals surface area contributed by atoms with Crippen LogP contribution in [0.25, 0.3) is 49.4 Å². The second-order valence-electron chi connectivity index (χ2n) is 13.7. The zero-order chi connectivity index (χ0) is 34.4. The van der Waals surface area contributed by atoms with E-state index >= 15 is 0 Å². The lowest BCUT2D eigenvalue weighted by Crippen LogP contribution is -2.21. The van der Waals surface area contributed by atoms with Crippen LogP contribution >= 0.6 is 0 Å². The lowest BCUT2D eigenvalue weighted by atomic mass is 9.83. The second kappa shape index (κ2) is 12.6. The van der Waals surface area contributed by atoms with Gasteiger partial charge in [0, 0.05) is 39.2 Å². The molecule has 0 amide bonds. The Morgan fingerprint density at radius 3 is 1.85 bits per heavy atom. The molecule has 10 rings (SSSR count). The maximum atomic E-state index is 7.07. The Morgan fingerprint density at radius 2 is 1.06 bits per heavy atom. The van der Waals surface area contributed by atoms with Crippen LogP contribution < -0.4 is 9.64 Å². The van der Waals surface area contributed by atoms with Crippen LogP contribution in [0.3, 0.4) is 0 Å². The molecule has 2 unspecified atom stereocenters. The summed E-state index contributed by atoms with van der Waals surface area (Å²) in [6.45, 7) is 0. The van der Waals surface area contributed by atoms with Gasteiger partial charge in [-0.25, -0.2) is 0 Å². The van der Waals surface area contributed by atoms with E-state index in [2.05, 4.69) is 205 Å². The Labute approximate surface area is 304 Å². The molecule has 0 saturated carbocycles. The molecule has 1 aliphatic heterocycles. The SMILES string of the molecule is C1=CC2c3cc(N(c4ccc(-c5ccccc5)cc4)c4ccc5ccccc5c4)c4ccccc4c3OC2C(c2cccc(-c3ccccc3)c2)=C1. The first-order valence-electron chi connectivity index (χ1n) is 18.0. The summed E-state index contributed by atoms with van der Waals surface area (Å²) < 4.78 is 7.07. The average molecular weight is 666 g/mol. The van der Waals surface area contributed by atoms with Crippen molar-refractivity contribution in [1.82, 2.24) is 0 Å². The standard InChI is InChI=1S/C50H35NO/c1-3-13-34(14-4-1)37-25-28-41(29-26-37)51(42-30-27-36-17-7-8-18-39(36)32-42)48-33-47-46-24-12-23-43(49(46)52-50(47)45-22-10-9-21-44(45)48)40-20-11-19-38(31-40)35-15-5-2-6-16-35/h1-33,46,49H. The highest BCUT2D eigenvalue weighted by atomic mass is 16.5. The average Bonchev–Trinajstić information content (AvgIpc) is 3.61. The van der Waals surface area contributed by atoms with Gasteiger partial charge in [-0.3, -0.25) is 0 Å². The van der Waals surface area contributed by atoms with Gasteiger partial charge in [0.05, 0.1) is 5.69 Å².